The van der Waals surface area contributed by atoms with Crippen molar-refractivity contribution in [1.29, 1.82) is 0 Å². The summed E-state index contributed by atoms with van der Waals surface area (Å²) in [6, 6.07) is 0. The van der Waals surface area contributed by atoms with E-state index in [0.29, 0.717) is 13.2 Å². The first-order valence-corrected chi connectivity index (χ1v) is 15.3. The van der Waals surface area contributed by atoms with E-state index in [4.69, 9.17) is 15.5 Å². The second-order valence-corrected chi connectivity index (χ2v) is 11.9. The van der Waals surface area contributed by atoms with Gasteiger partial charge in [0, 0.05) is 0 Å². The van der Waals surface area contributed by atoms with Gasteiger partial charge in [-0.25, -0.2) is 0 Å². The topological polar surface area (TPSA) is 55.8 Å². The molecule has 0 aliphatic rings. The molecule has 5 heteroatoms. The Morgan fingerprint density at radius 3 is 1.74 bits per heavy atom. The highest BCUT2D eigenvalue weighted by atomic mass is 31.2. The third-order valence-electron chi connectivity index (χ3n) is 5.07. The summed E-state index contributed by atoms with van der Waals surface area (Å²) in [6.45, 7) is 20.4. The lowest BCUT2D eigenvalue weighted by Gasteiger charge is -2.11. The number of aliphatic hydroxyl groups is 1. The molecule has 0 radical (unpaired) electrons. The van der Waals surface area contributed by atoms with E-state index in [-0.39, 0.29) is 0 Å². The molecule has 1 atom stereocenters. The van der Waals surface area contributed by atoms with Gasteiger partial charge in [-0.2, -0.15) is 0 Å². The van der Waals surface area contributed by atoms with Crippen LogP contribution in [0.15, 0.2) is 88.0 Å². The highest BCUT2D eigenvalue weighted by molar-refractivity contribution is 7.57. The smallest absolute Gasteiger partial charge is 0.361 e. The first-order valence-electron chi connectivity index (χ1n) is 13.7. The van der Waals surface area contributed by atoms with Crippen molar-refractivity contribution >= 4 is 7.60 Å². The molecule has 0 aromatic rings. The Kier molecular flexibility index (Phi) is 22.3. The van der Waals surface area contributed by atoms with Crippen LogP contribution in [0.2, 0.25) is 0 Å². The largest absolute Gasteiger partial charge is 0.374 e. The monoisotopic (exact) mass is 556 g/mol. The zero-order chi connectivity index (χ0) is 30.3. The van der Waals surface area contributed by atoms with E-state index in [1.165, 1.54) is 28.1 Å². The minimum atomic E-state index is -3.16. The molecule has 0 saturated heterocycles. The van der Waals surface area contributed by atoms with Crippen LogP contribution in [0.3, 0.4) is 0 Å². The van der Waals surface area contributed by atoms with Crippen LogP contribution >= 0.6 is 7.60 Å². The molecule has 0 spiro atoms. The van der Waals surface area contributed by atoms with E-state index in [1.807, 2.05) is 31.2 Å². The third kappa shape index (κ3) is 25.7. The quantitative estimate of drug-likeness (QED) is 0.0717. The molecule has 0 aromatic heterocycles. The van der Waals surface area contributed by atoms with Crippen molar-refractivity contribution in [2.45, 2.75) is 101 Å². The zero-order valence-corrected chi connectivity index (χ0v) is 27.0. The maximum Gasteiger partial charge on any atom is 0.361 e. The van der Waals surface area contributed by atoms with Crippen LogP contribution in [0.5, 0.6) is 0 Å². The molecule has 0 fully saturated rings. The van der Waals surface area contributed by atoms with E-state index >= 15 is 0 Å². The summed E-state index contributed by atoms with van der Waals surface area (Å²) in [4.78, 5) is 0. The average molecular weight is 557 g/mol. The molecular formula is C34H53O4P. The van der Waals surface area contributed by atoms with Crippen LogP contribution in [-0.4, -0.2) is 23.9 Å². The van der Waals surface area contributed by atoms with E-state index in [9.17, 15) is 9.67 Å². The molecule has 0 aliphatic carbocycles. The minimum Gasteiger partial charge on any atom is -0.374 e. The molecule has 0 heterocycles. The van der Waals surface area contributed by atoms with Crippen molar-refractivity contribution in [3.05, 3.63) is 88.0 Å². The molecule has 0 amide bonds. The summed E-state index contributed by atoms with van der Waals surface area (Å²) in [5, 5.41) is 9.52. The average Bonchev–Trinajstić information content (AvgIpc) is 2.83. The van der Waals surface area contributed by atoms with Gasteiger partial charge in [0.25, 0.3) is 0 Å². The van der Waals surface area contributed by atoms with Gasteiger partial charge >= 0.3 is 7.60 Å². The zero-order valence-electron chi connectivity index (χ0n) is 26.1. The Labute approximate surface area is 240 Å². The van der Waals surface area contributed by atoms with Crippen molar-refractivity contribution in [2.75, 3.05) is 13.2 Å². The summed E-state index contributed by atoms with van der Waals surface area (Å²) < 4.78 is 22.6. The van der Waals surface area contributed by atoms with E-state index in [1.54, 1.807) is 26.8 Å². The van der Waals surface area contributed by atoms with Crippen molar-refractivity contribution in [2.24, 2.45) is 0 Å². The highest BCUT2D eigenvalue weighted by Crippen LogP contribution is 2.49. The minimum absolute atomic E-state index is 0.345. The fraction of sp³-hybridized carbons (Fsp3) is 0.500. The predicted octanol–water partition coefficient (Wildman–Crippen LogP) is 10.2. The van der Waals surface area contributed by atoms with Crippen molar-refractivity contribution < 1.29 is 18.7 Å². The highest BCUT2D eigenvalue weighted by Gasteiger charge is 2.18. The fourth-order valence-electron chi connectivity index (χ4n) is 2.85. The summed E-state index contributed by atoms with van der Waals surface area (Å²) in [5.74, 6) is 3.71. The molecule has 39 heavy (non-hydrogen) atoms. The standard InChI is InChI=1S/C19H31O3P.C15H22O/c1-7-21-23(20,22-8-2)16-15-19(6)14-10-13-18(5)12-9-11-17(3)4;1-6-15(5,16)12-8-11-14(4)10-7-9-13(2)3/h10-11,13-14,16H,7-9,12H2,1-6H3;1,8-9,11-12,16H,7,10H2,2-5H3/b14-10+,18-13+;12-8+,14-11+. The molecule has 0 rings (SSSR count). The fourth-order valence-corrected chi connectivity index (χ4v) is 4.15. The second-order valence-electron chi connectivity index (χ2n) is 10.0. The number of rotatable bonds is 15. The van der Waals surface area contributed by atoms with Gasteiger partial charge in [-0.1, -0.05) is 70.7 Å². The van der Waals surface area contributed by atoms with Crippen molar-refractivity contribution in [3.8, 4) is 12.3 Å². The Hall–Kier alpha value is -2.37. The Bertz CT molecular complexity index is 1030. The Morgan fingerprint density at radius 1 is 0.872 bits per heavy atom. The lowest BCUT2D eigenvalue weighted by molar-refractivity contribution is 0.174. The Balaban J connectivity index is 0. The molecule has 1 N–H and O–H groups in total. The van der Waals surface area contributed by atoms with Gasteiger partial charge in [0.15, 0.2) is 0 Å². The number of allylic oxidation sites excluding steroid dienone is 12. The summed E-state index contributed by atoms with van der Waals surface area (Å²) in [7, 11) is -3.16. The van der Waals surface area contributed by atoms with Gasteiger partial charge in [-0.3, -0.25) is 4.57 Å². The first kappa shape index (κ1) is 38.8. The summed E-state index contributed by atoms with van der Waals surface area (Å²) in [5.41, 5.74) is 8.01. The number of terminal acetylenes is 1. The van der Waals surface area contributed by atoms with Gasteiger partial charge in [-0.15, -0.1) is 12.2 Å². The molecular weight excluding hydrogens is 503 g/mol. The van der Waals surface area contributed by atoms with Crippen molar-refractivity contribution in [3.63, 3.8) is 0 Å². The molecule has 0 bridgehead atoms. The van der Waals surface area contributed by atoms with Gasteiger partial charge in [0.2, 0.25) is 0 Å². The summed E-state index contributed by atoms with van der Waals surface area (Å²) in [6.07, 6.45) is 25.3. The van der Waals surface area contributed by atoms with Gasteiger partial charge in [0.1, 0.15) is 5.60 Å². The van der Waals surface area contributed by atoms with Crippen LogP contribution in [0, 0.1) is 12.3 Å². The lowest BCUT2D eigenvalue weighted by atomic mass is 10.1. The van der Waals surface area contributed by atoms with E-state index in [2.05, 4.69) is 71.4 Å². The van der Waals surface area contributed by atoms with Gasteiger partial charge in [-0.05, 0) is 107 Å². The SMILES string of the molecule is C#CC(C)(O)/C=C/C=C(\C)CCC=C(C)C.CCOP(=O)(C=C=C(C)/C=C/C=C(\C)CCC=C(C)C)OCC. The lowest BCUT2D eigenvalue weighted by Crippen LogP contribution is -2.16. The third-order valence-corrected chi connectivity index (χ3v) is 6.75. The van der Waals surface area contributed by atoms with E-state index < -0.39 is 13.2 Å². The molecule has 0 aromatic carbocycles. The Morgan fingerprint density at radius 2 is 1.33 bits per heavy atom. The molecule has 1 unspecified atom stereocenters. The van der Waals surface area contributed by atoms with Crippen molar-refractivity contribution in [1.82, 2.24) is 0 Å². The van der Waals surface area contributed by atoms with E-state index in [0.717, 1.165) is 31.3 Å². The molecule has 218 valence electrons. The van der Waals surface area contributed by atoms with Crippen LogP contribution in [-0.2, 0) is 13.6 Å². The van der Waals surface area contributed by atoms with Gasteiger partial charge < -0.3 is 14.2 Å². The maximum absolute atomic E-state index is 12.3. The molecule has 4 nitrogen and oxygen atoms in total. The van der Waals surface area contributed by atoms with Crippen LogP contribution in [0.25, 0.3) is 0 Å². The van der Waals surface area contributed by atoms with Gasteiger partial charge in [0.05, 0.1) is 19.0 Å². The van der Waals surface area contributed by atoms with Crippen LogP contribution in [0.4, 0.5) is 0 Å². The number of hydrogen-bond donors (Lipinski definition) is 1. The maximum atomic E-state index is 12.3. The van der Waals surface area contributed by atoms with Crippen LogP contribution in [0.1, 0.15) is 94.9 Å². The first-order chi connectivity index (χ1) is 18.2. The van der Waals surface area contributed by atoms with Crippen LogP contribution < -0.4 is 0 Å². The number of hydrogen-bond acceptors (Lipinski definition) is 4. The second kappa shape index (κ2) is 22.4. The summed E-state index contributed by atoms with van der Waals surface area (Å²) >= 11 is 0. The molecule has 0 saturated carbocycles. The molecule has 0 aliphatic heterocycles. The predicted molar refractivity (Wildman–Crippen MR) is 171 cm³/mol. The normalized spacial score (nSPS) is 13.6.